The molecule has 1 saturated carbocycles. The Morgan fingerprint density at radius 3 is 2.26 bits per heavy atom. The SMILES string of the molecule is COC(C)(C)CCC1(O)CCCC(C(C)(C)C)CC1. The van der Waals surface area contributed by atoms with E-state index in [1.54, 1.807) is 7.11 Å². The average molecular weight is 270 g/mol. The second-order valence-electron chi connectivity index (χ2n) is 8.18. The summed E-state index contributed by atoms with van der Waals surface area (Å²) in [6.07, 6.45) is 7.29. The first-order valence-corrected chi connectivity index (χ1v) is 7.86. The fourth-order valence-electron chi connectivity index (χ4n) is 3.14. The van der Waals surface area contributed by atoms with E-state index in [-0.39, 0.29) is 5.60 Å². The van der Waals surface area contributed by atoms with Gasteiger partial charge in [-0.1, -0.05) is 27.2 Å². The molecular formula is C17H34O2. The van der Waals surface area contributed by atoms with Crippen LogP contribution in [0.2, 0.25) is 0 Å². The average Bonchev–Trinajstić information content (AvgIpc) is 2.49. The highest BCUT2D eigenvalue weighted by Crippen LogP contribution is 2.41. The lowest BCUT2D eigenvalue weighted by molar-refractivity contribution is -0.0335. The van der Waals surface area contributed by atoms with Crippen LogP contribution in [0.5, 0.6) is 0 Å². The molecule has 0 bridgehead atoms. The van der Waals surface area contributed by atoms with Crippen LogP contribution >= 0.6 is 0 Å². The van der Waals surface area contributed by atoms with Gasteiger partial charge in [-0.15, -0.1) is 0 Å². The van der Waals surface area contributed by atoms with Crippen LogP contribution in [0.15, 0.2) is 0 Å². The Morgan fingerprint density at radius 1 is 1.11 bits per heavy atom. The molecule has 0 radical (unpaired) electrons. The Morgan fingerprint density at radius 2 is 1.74 bits per heavy atom. The van der Waals surface area contributed by atoms with Crippen molar-refractivity contribution >= 4 is 0 Å². The van der Waals surface area contributed by atoms with E-state index in [1.165, 1.54) is 6.42 Å². The van der Waals surface area contributed by atoms with Crippen LogP contribution in [-0.2, 0) is 4.74 Å². The van der Waals surface area contributed by atoms with Gasteiger partial charge in [-0.05, 0) is 63.7 Å². The molecule has 0 saturated heterocycles. The van der Waals surface area contributed by atoms with E-state index in [2.05, 4.69) is 34.6 Å². The van der Waals surface area contributed by atoms with Crippen molar-refractivity contribution in [3.05, 3.63) is 0 Å². The monoisotopic (exact) mass is 270 g/mol. The molecule has 1 N–H and O–H groups in total. The highest BCUT2D eigenvalue weighted by Gasteiger charge is 2.35. The minimum atomic E-state index is -0.462. The van der Waals surface area contributed by atoms with Crippen molar-refractivity contribution in [3.8, 4) is 0 Å². The molecule has 0 aromatic rings. The van der Waals surface area contributed by atoms with Gasteiger partial charge < -0.3 is 9.84 Å². The highest BCUT2D eigenvalue weighted by molar-refractivity contribution is 4.88. The van der Waals surface area contributed by atoms with Gasteiger partial charge in [0.2, 0.25) is 0 Å². The molecule has 0 aromatic carbocycles. The molecule has 0 heterocycles. The van der Waals surface area contributed by atoms with Crippen molar-refractivity contribution in [2.75, 3.05) is 7.11 Å². The first kappa shape index (κ1) is 17.0. The lowest BCUT2D eigenvalue weighted by Crippen LogP contribution is -2.33. The fraction of sp³-hybridized carbons (Fsp3) is 1.00. The number of ether oxygens (including phenoxy) is 1. The summed E-state index contributed by atoms with van der Waals surface area (Å²) in [6.45, 7) is 11.2. The zero-order valence-electron chi connectivity index (χ0n) is 13.9. The molecule has 0 aromatic heterocycles. The molecule has 1 aliphatic rings. The summed E-state index contributed by atoms with van der Waals surface area (Å²) in [5.41, 5.74) is -0.210. The number of rotatable bonds is 4. The van der Waals surface area contributed by atoms with Crippen molar-refractivity contribution in [2.45, 2.75) is 90.8 Å². The number of methoxy groups -OCH3 is 1. The largest absolute Gasteiger partial charge is 0.390 e. The van der Waals surface area contributed by atoms with E-state index in [1.807, 2.05) is 0 Å². The van der Waals surface area contributed by atoms with Gasteiger partial charge in [-0.3, -0.25) is 0 Å². The summed E-state index contributed by atoms with van der Waals surface area (Å²) in [7, 11) is 1.76. The summed E-state index contributed by atoms with van der Waals surface area (Å²) in [5, 5.41) is 10.8. The van der Waals surface area contributed by atoms with E-state index in [0.29, 0.717) is 5.41 Å². The van der Waals surface area contributed by atoms with E-state index >= 15 is 0 Å². The van der Waals surface area contributed by atoms with Gasteiger partial charge in [0.25, 0.3) is 0 Å². The van der Waals surface area contributed by atoms with E-state index < -0.39 is 5.60 Å². The second-order valence-corrected chi connectivity index (χ2v) is 8.18. The van der Waals surface area contributed by atoms with Gasteiger partial charge in [0.05, 0.1) is 11.2 Å². The van der Waals surface area contributed by atoms with Gasteiger partial charge in [0.15, 0.2) is 0 Å². The Labute approximate surface area is 119 Å². The molecule has 114 valence electrons. The van der Waals surface area contributed by atoms with Gasteiger partial charge in [-0.2, -0.15) is 0 Å². The maximum atomic E-state index is 10.8. The standard InChI is InChI=1S/C17H34O2/c1-15(2,3)14-8-7-10-17(18,11-9-14)13-12-16(4,5)19-6/h14,18H,7-13H2,1-6H3. The van der Waals surface area contributed by atoms with Crippen LogP contribution in [0.25, 0.3) is 0 Å². The third-order valence-electron chi connectivity index (χ3n) is 5.12. The summed E-state index contributed by atoms with van der Waals surface area (Å²) in [6, 6.07) is 0. The van der Waals surface area contributed by atoms with E-state index in [9.17, 15) is 5.11 Å². The second kappa shape index (κ2) is 6.13. The quantitative estimate of drug-likeness (QED) is 0.759. The van der Waals surface area contributed by atoms with Crippen LogP contribution in [0, 0.1) is 11.3 Å². The van der Waals surface area contributed by atoms with Gasteiger partial charge in [0.1, 0.15) is 0 Å². The van der Waals surface area contributed by atoms with Crippen LogP contribution < -0.4 is 0 Å². The predicted octanol–water partition coefficient (Wildman–Crippen LogP) is 4.55. The van der Waals surface area contributed by atoms with Crippen LogP contribution in [0.4, 0.5) is 0 Å². The maximum absolute atomic E-state index is 10.8. The molecule has 19 heavy (non-hydrogen) atoms. The Kier molecular flexibility index (Phi) is 5.48. The number of aliphatic hydroxyl groups is 1. The van der Waals surface area contributed by atoms with Crippen molar-refractivity contribution in [2.24, 2.45) is 11.3 Å². The molecule has 1 fully saturated rings. The van der Waals surface area contributed by atoms with Crippen molar-refractivity contribution < 1.29 is 9.84 Å². The van der Waals surface area contributed by atoms with Crippen molar-refractivity contribution in [3.63, 3.8) is 0 Å². The Hall–Kier alpha value is -0.0800. The summed E-state index contributed by atoms with van der Waals surface area (Å²) in [4.78, 5) is 0. The molecule has 2 unspecified atom stereocenters. The molecule has 0 spiro atoms. The Bertz CT molecular complexity index is 277. The zero-order valence-corrected chi connectivity index (χ0v) is 13.9. The number of hydrogen-bond acceptors (Lipinski definition) is 2. The minimum absolute atomic E-state index is 0.120. The van der Waals surface area contributed by atoms with Crippen molar-refractivity contribution in [1.82, 2.24) is 0 Å². The minimum Gasteiger partial charge on any atom is -0.390 e. The fourth-order valence-corrected chi connectivity index (χ4v) is 3.14. The molecule has 2 heteroatoms. The third kappa shape index (κ3) is 5.43. The van der Waals surface area contributed by atoms with Crippen molar-refractivity contribution in [1.29, 1.82) is 0 Å². The Balaban J connectivity index is 2.55. The lowest BCUT2D eigenvalue weighted by Gasteiger charge is -2.33. The molecule has 2 nitrogen and oxygen atoms in total. The molecule has 0 aliphatic heterocycles. The molecule has 1 rings (SSSR count). The topological polar surface area (TPSA) is 29.5 Å². The summed E-state index contributed by atoms with van der Waals surface area (Å²) >= 11 is 0. The van der Waals surface area contributed by atoms with Gasteiger partial charge in [-0.25, -0.2) is 0 Å². The normalized spacial score (nSPS) is 30.2. The molecule has 0 amide bonds. The van der Waals surface area contributed by atoms with Gasteiger partial charge >= 0.3 is 0 Å². The zero-order chi connectivity index (χ0) is 14.7. The molecular weight excluding hydrogens is 236 g/mol. The summed E-state index contributed by atoms with van der Waals surface area (Å²) < 4.78 is 5.47. The van der Waals surface area contributed by atoms with Crippen LogP contribution in [0.3, 0.4) is 0 Å². The van der Waals surface area contributed by atoms with Gasteiger partial charge in [0, 0.05) is 7.11 Å². The highest BCUT2D eigenvalue weighted by atomic mass is 16.5. The molecule has 2 atom stereocenters. The lowest BCUT2D eigenvalue weighted by atomic mass is 9.76. The summed E-state index contributed by atoms with van der Waals surface area (Å²) in [5.74, 6) is 0.747. The van der Waals surface area contributed by atoms with E-state index in [4.69, 9.17) is 4.74 Å². The first-order chi connectivity index (χ1) is 8.58. The van der Waals surface area contributed by atoms with Crippen LogP contribution in [0.1, 0.15) is 79.6 Å². The number of hydrogen-bond donors (Lipinski definition) is 1. The predicted molar refractivity (Wildman–Crippen MR) is 81.3 cm³/mol. The first-order valence-electron chi connectivity index (χ1n) is 7.86. The van der Waals surface area contributed by atoms with Crippen LogP contribution in [-0.4, -0.2) is 23.4 Å². The van der Waals surface area contributed by atoms with E-state index in [0.717, 1.165) is 44.4 Å². The third-order valence-corrected chi connectivity index (χ3v) is 5.12. The maximum Gasteiger partial charge on any atom is 0.0649 e. The molecule has 1 aliphatic carbocycles. The smallest absolute Gasteiger partial charge is 0.0649 e.